The van der Waals surface area contributed by atoms with Gasteiger partial charge in [0.15, 0.2) is 5.78 Å². The fourth-order valence-electron chi connectivity index (χ4n) is 5.30. The Hall–Kier alpha value is -3.90. The minimum absolute atomic E-state index is 0.00726. The third kappa shape index (κ3) is 9.55. The number of aliphatic hydroxyl groups excluding tert-OH is 1. The Balaban J connectivity index is 1.37. The van der Waals surface area contributed by atoms with Crippen molar-refractivity contribution in [3.63, 3.8) is 0 Å². The number of hydrogen-bond acceptors (Lipinski definition) is 5. The average molecular weight is 584 g/mol. The van der Waals surface area contributed by atoms with Gasteiger partial charge < -0.3 is 19.1 Å². The van der Waals surface area contributed by atoms with E-state index in [-0.39, 0.29) is 25.5 Å². The molecule has 6 heteroatoms. The van der Waals surface area contributed by atoms with E-state index in [1.807, 2.05) is 60.0 Å². The topological polar surface area (TPSA) is 77.8 Å². The maximum Gasteiger partial charge on any atom is 0.338 e. The molecule has 6 nitrogen and oxygen atoms in total. The zero-order chi connectivity index (χ0) is 30.4. The predicted molar refractivity (Wildman–Crippen MR) is 172 cm³/mol. The number of carbonyl (C=O) groups is 2. The molecule has 0 aliphatic carbocycles. The zero-order valence-electron chi connectivity index (χ0n) is 25.6. The lowest BCUT2D eigenvalue weighted by atomic mass is 10.0. The van der Waals surface area contributed by atoms with Gasteiger partial charge >= 0.3 is 5.97 Å². The van der Waals surface area contributed by atoms with Crippen LogP contribution in [-0.4, -0.2) is 34.1 Å². The molecular formula is C37H45NO5. The van der Waals surface area contributed by atoms with Gasteiger partial charge in [0.2, 0.25) is 0 Å². The van der Waals surface area contributed by atoms with Gasteiger partial charge in [0.25, 0.3) is 0 Å². The van der Waals surface area contributed by atoms with Gasteiger partial charge in [0.05, 0.1) is 12.1 Å². The van der Waals surface area contributed by atoms with E-state index in [2.05, 4.69) is 19.1 Å². The second-order valence-electron chi connectivity index (χ2n) is 11.3. The summed E-state index contributed by atoms with van der Waals surface area (Å²) in [6, 6.07) is 22.9. The highest BCUT2D eigenvalue weighted by atomic mass is 16.5. The minimum atomic E-state index is -0.789. The van der Waals surface area contributed by atoms with Crippen LogP contribution >= 0.6 is 0 Å². The molecule has 0 aliphatic rings. The summed E-state index contributed by atoms with van der Waals surface area (Å²) in [5.41, 5.74) is 3.91. The van der Waals surface area contributed by atoms with Gasteiger partial charge in [-0.3, -0.25) is 4.79 Å². The highest BCUT2D eigenvalue weighted by Gasteiger charge is 2.19. The van der Waals surface area contributed by atoms with Crippen LogP contribution in [0.25, 0.3) is 10.9 Å². The lowest BCUT2D eigenvalue weighted by Gasteiger charge is -2.14. The van der Waals surface area contributed by atoms with Crippen LogP contribution in [0.1, 0.15) is 97.1 Å². The van der Waals surface area contributed by atoms with Crippen molar-refractivity contribution < 1.29 is 24.2 Å². The summed E-state index contributed by atoms with van der Waals surface area (Å²) in [5.74, 6) is 0.284. The maximum atomic E-state index is 13.0. The summed E-state index contributed by atoms with van der Waals surface area (Å²) in [5, 5.41) is 11.5. The molecule has 4 rings (SSSR count). The number of rotatable bonds is 18. The van der Waals surface area contributed by atoms with Gasteiger partial charge in [-0.05, 0) is 60.7 Å². The fourth-order valence-corrected chi connectivity index (χ4v) is 5.30. The summed E-state index contributed by atoms with van der Waals surface area (Å²) in [7, 11) is 0. The quantitative estimate of drug-likeness (QED) is 0.0724. The molecule has 0 aliphatic heterocycles. The van der Waals surface area contributed by atoms with E-state index in [9.17, 15) is 14.7 Å². The monoisotopic (exact) mass is 583 g/mol. The summed E-state index contributed by atoms with van der Waals surface area (Å²) < 4.78 is 13.3. The Labute approximate surface area is 255 Å². The van der Waals surface area contributed by atoms with Crippen LogP contribution in [-0.2, 0) is 24.3 Å². The van der Waals surface area contributed by atoms with Crippen molar-refractivity contribution in [2.24, 2.45) is 0 Å². The number of aromatic nitrogens is 1. The first-order chi connectivity index (χ1) is 21.0. The minimum Gasteiger partial charge on any atom is -0.491 e. The second-order valence-corrected chi connectivity index (χ2v) is 11.3. The number of hydrogen-bond donors (Lipinski definition) is 1. The van der Waals surface area contributed by atoms with E-state index in [1.54, 1.807) is 18.3 Å². The molecule has 43 heavy (non-hydrogen) atoms. The number of esters is 1. The van der Waals surface area contributed by atoms with Crippen molar-refractivity contribution >= 4 is 22.7 Å². The molecule has 0 bridgehead atoms. The molecule has 0 saturated carbocycles. The van der Waals surface area contributed by atoms with Gasteiger partial charge in [0, 0.05) is 29.1 Å². The number of ether oxygens (including phenoxy) is 2. The summed E-state index contributed by atoms with van der Waals surface area (Å²) in [4.78, 5) is 25.8. The number of carbonyl (C=O) groups excluding carboxylic acids is 2. The first-order valence-electron chi connectivity index (χ1n) is 15.8. The predicted octanol–water partition coefficient (Wildman–Crippen LogP) is 8.32. The average Bonchev–Trinajstić information content (AvgIpc) is 3.39. The number of unbranched alkanes of at least 4 members (excludes halogenated alkanes) is 5. The highest BCUT2D eigenvalue weighted by molar-refractivity contribution is 6.09. The Bertz CT molecular complexity index is 1440. The third-order valence-corrected chi connectivity index (χ3v) is 7.70. The Morgan fingerprint density at radius 3 is 2.33 bits per heavy atom. The van der Waals surface area contributed by atoms with Gasteiger partial charge in [-0.2, -0.15) is 0 Å². The van der Waals surface area contributed by atoms with E-state index in [0.29, 0.717) is 22.9 Å². The van der Waals surface area contributed by atoms with Crippen LogP contribution in [0.2, 0.25) is 0 Å². The number of fused-ring (bicyclic) bond motifs is 1. The molecule has 4 aromatic rings. The maximum absolute atomic E-state index is 13.0. The van der Waals surface area contributed by atoms with Crippen LogP contribution < -0.4 is 4.74 Å². The molecular weight excluding hydrogens is 538 g/mol. The molecule has 0 radical (unpaired) electrons. The standard InChI is InChI=1S/C37H45NO5/c1-3-5-6-7-8-10-14-28-17-20-32(21-18-28)42-27-31(39)24-38-25-34(36(40)13-4-2)33-23-30(19-22-35(33)38)37(41)43-26-29-15-11-9-12-16-29/h9,11-12,15-23,25,31,39H,3-8,10,13-14,24,26-27H2,1-2H3. The SMILES string of the molecule is CCCCCCCCc1ccc(OCC(O)Cn2cc(C(=O)CCC)c3cc(C(=O)OCc4ccccc4)ccc32)cc1. The summed E-state index contributed by atoms with van der Waals surface area (Å²) in [6.45, 7) is 4.75. The molecule has 0 amide bonds. The zero-order valence-corrected chi connectivity index (χ0v) is 25.6. The highest BCUT2D eigenvalue weighted by Crippen LogP contribution is 2.26. The van der Waals surface area contributed by atoms with Crippen molar-refractivity contribution in [3.05, 3.63) is 101 Å². The van der Waals surface area contributed by atoms with Crippen molar-refractivity contribution in [1.29, 1.82) is 0 Å². The first-order valence-corrected chi connectivity index (χ1v) is 15.8. The Morgan fingerprint density at radius 2 is 1.58 bits per heavy atom. The molecule has 1 N–H and O–H groups in total. The van der Waals surface area contributed by atoms with Crippen molar-refractivity contribution in [2.45, 2.75) is 90.9 Å². The van der Waals surface area contributed by atoms with Gasteiger partial charge in [-0.15, -0.1) is 0 Å². The lowest BCUT2D eigenvalue weighted by molar-refractivity contribution is 0.0472. The second kappa shape index (κ2) is 16.7. The number of benzene rings is 3. The normalized spacial score (nSPS) is 11.9. The summed E-state index contributed by atoms with van der Waals surface area (Å²) >= 11 is 0. The van der Waals surface area contributed by atoms with Crippen molar-refractivity contribution in [1.82, 2.24) is 4.57 Å². The van der Waals surface area contributed by atoms with Gasteiger partial charge in [0.1, 0.15) is 25.1 Å². The summed E-state index contributed by atoms with van der Waals surface area (Å²) in [6.07, 6.45) is 10.9. The molecule has 0 fully saturated rings. The van der Waals surface area contributed by atoms with E-state index in [4.69, 9.17) is 9.47 Å². The van der Waals surface area contributed by atoms with Gasteiger partial charge in [-0.1, -0.05) is 88.4 Å². The van der Waals surface area contributed by atoms with E-state index in [0.717, 1.165) is 29.7 Å². The number of nitrogens with zero attached hydrogens (tertiary/aromatic N) is 1. The van der Waals surface area contributed by atoms with Crippen molar-refractivity contribution in [3.8, 4) is 5.75 Å². The molecule has 1 unspecified atom stereocenters. The number of Topliss-reactive ketones (excluding diaryl/α,β-unsaturated/α-hetero) is 1. The van der Waals surface area contributed by atoms with E-state index < -0.39 is 12.1 Å². The fraction of sp³-hybridized carbons (Fsp3) is 0.405. The third-order valence-electron chi connectivity index (χ3n) is 7.70. The number of aryl methyl sites for hydroxylation is 1. The molecule has 228 valence electrons. The molecule has 1 aromatic heterocycles. The smallest absolute Gasteiger partial charge is 0.338 e. The van der Waals surface area contributed by atoms with Crippen LogP contribution in [0.15, 0.2) is 79.0 Å². The molecule has 1 heterocycles. The van der Waals surface area contributed by atoms with Crippen LogP contribution in [0.5, 0.6) is 5.75 Å². The molecule has 0 saturated heterocycles. The van der Waals surface area contributed by atoms with E-state index in [1.165, 1.54) is 44.1 Å². The molecule has 1 atom stereocenters. The lowest BCUT2D eigenvalue weighted by Crippen LogP contribution is -2.23. The largest absolute Gasteiger partial charge is 0.491 e. The van der Waals surface area contributed by atoms with Crippen LogP contribution in [0, 0.1) is 0 Å². The van der Waals surface area contributed by atoms with Crippen molar-refractivity contribution in [2.75, 3.05) is 6.61 Å². The Kier molecular flexibility index (Phi) is 12.4. The molecule has 0 spiro atoms. The van der Waals surface area contributed by atoms with Gasteiger partial charge in [-0.25, -0.2) is 4.79 Å². The van der Waals surface area contributed by atoms with E-state index >= 15 is 0 Å². The number of aliphatic hydroxyl groups is 1. The van der Waals surface area contributed by atoms with Crippen LogP contribution in [0.3, 0.4) is 0 Å². The Morgan fingerprint density at radius 1 is 0.837 bits per heavy atom. The number of ketones is 1. The first kappa shape index (κ1) is 32.0. The molecule has 3 aromatic carbocycles. The van der Waals surface area contributed by atoms with Crippen LogP contribution in [0.4, 0.5) is 0 Å².